The number of aromatic nitrogens is 1. The lowest BCUT2D eigenvalue weighted by Gasteiger charge is -2.29. The molecular weight excluding hydrogens is 428 g/mol. The van der Waals surface area contributed by atoms with E-state index in [2.05, 4.69) is 51.3 Å². The molecule has 2 heterocycles. The summed E-state index contributed by atoms with van der Waals surface area (Å²) in [4.78, 5) is 22.0. The first-order valence-corrected chi connectivity index (χ1v) is 11.9. The van der Waals surface area contributed by atoms with Crippen LogP contribution in [-0.4, -0.2) is 60.1 Å². The molecule has 0 saturated carbocycles. The van der Waals surface area contributed by atoms with E-state index in [0.717, 1.165) is 51.5 Å². The highest BCUT2D eigenvalue weighted by Gasteiger charge is 2.18. The van der Waals surface area contributed by atoms with Crippen molar-refractivity contribution in [2.75, 3.05) is 39.4 Å². The van der Waals surface area contributed by atoms with Crippen LogP contribution in [0.5, 0.6) is 0 Å². The van der Waals surface area contributed by atoms with E-state index in [4.69, 9.17) is 9.15 Å². The van der Waals surface area contributed by atoms with Gasteiger partial charge in [0.15, 0.2) is 5.69 Å². The predicted molar refractivity (Wildman–Crippen MR) is 131 cm³/mol. The van der Waals surface area contributed by atoms with Crippen LogP contribution in [-0.2, 0) is 17.8 Å². The van der Waals surface area contributed by atoms with Gasteiger partial charge in [0.2, 0.25) is 5.89 Å². The monoisotopic (exact) mass is 462 g/mol. The number of amides is 1. The summed E-state index contributed by atoms with van der Waals surface area (Å²) in [6.45, 7) is 10.7. The van der Waals surface area contributed by atoms with Gasteiger partial charge in [-0.15, -0.1) is 0 Å². The molecule has 7 heteroatoms. The van der Waals surface area contributed by atoms with Gasteiger partial charge in [0.05, 0.1) is 25.8 Å². The molecule has 0 radical (unpaired) electrons. The van der Waals surface area contributed by atoms with Gasteiger partial charge in [0.25, 0.3) is 5.91 Å². The van der Waals surface area contributed by atoms with Gasteiger partial charge in [0, 0.05) is 32.7 Å². The first-order chi connectivity index (χ1) is 16.6. The topological polar surface area (TPSA) is 70.8 Å². The molecule has 4 rings (SSSR count). The van der Waals surface area contributed by atoms with Crippen LogP contribution in [0.4, 0.5) is 0 Å². The molecular formula is C27H34N4O3. The Kier molecular flexibility index (Phi) is 8.46. The number of ether oxygens (including phenoxy) is 1. The minimum Gasteiger partial charge on any atom is -0.447 e. The normalized spacial score (nSPS) is 15.4. The van der Waals surface area contributed by atoms with Crippen molar-refractivity contribution < 1.29 is 13.9 Å². The van der Waals surface area contributed by atoms with Gasteiger partial charge in [-0.3, -0.25) is 14.6 Å². The van der Waals surface area contributed by atoms with Crippen LogP contribution >= 0.6 is 0 Å². The smallest absolute Gasteiger partial charge is 0.273 e. The summed E-state index contributed by atoms with van der Waals surface area (Å²) in [5.74, 6) is 0.316. The van der Waals surface area contributed by atoms with Crippen LogP contribution in [0.3, 0.4) is 0 Å². The molecule has 34 heavy (non-hydrogen) atoms. The Morgan fingerprint density at radius 1 is 1.09 bits per heavy atom. The highest BCUT2D eigenvalue weighted by atomic mass is 16.5. The third-order valence-electron chi connectivity index (χ3n) is 6.15. The predicted octanol–water partition coefficient (Wildman–Crippen LogP) is 3.81. The van der Waals surface area contributed by atoms with E-state index >= 15 is 0 Å². The quantitative estimate of drug-likeness (QED) is 0.494. The van der Waals surface area contributed by atoms with Crippen molar-refractivity contribution in [1.29, 1.82) is 0 Å². The zero-order valence-corrected chi connectivity index (χ0v) is 20.1. The Balaban J connectivity index is 1.38. The highest BCUT2D eigenvalue weighted by molar-refractivity contribution is 5.92. The van der Waals surface area contributed by atoms with E-state index < -0.39 is 0 Å². The molecule has 0 spiro atoms. The van der Waals surface area contributed by atoms with E-state index in [1.54, 1.807) is 0 Å². The zero-order chi connectivity index (χ0) is 23.8. The molecule has 0 bridgehead atoms. The zero-order valence-electron chi connectivity index (χ0n) is 20.1. The standard InChI is InChI=1S/C27H34N4O3/c1-21-8-10-23(11-9-21)18-31(13-12-30-14-16-33-17-15-30)19-26-29-25(20-34-26)27(32)28-22(2)24-6-4-3-5-7-24/h3-11,20,22H,12-19H2,1-2H3,(H,28,32). The molecule has 0 aliphatic carbocycles. The van der Waals surface area contributed by atoms with E-state index in [-0.39, 0.29) is 11.9 Å². The molecule has 180 valence electrons. The van der Waals surface area contributed by atoms with Gasteiger partial charge < -0.3 is 14.5 Å². The lowest BCUT2D eigenvalue weighted by atomic mass is 10.1. The van der Waals surface area contributed by atoms with Crippen LogP contribution in [0.2, 0.25) is 0 Å². The fourth-order valence-electron chi connectivity index (χ4n) is 4.05. The molecule has 1 saturated heterocycles. The van der Waals surface area contributed by atoms with Crippen molar-refractivity contribution in [3.63, 3.8) is 0 Å². The highest BCUT2D eigenvalue weighted by Crippen LogP contribution is 2.14. The lowest BCUT2D eigenvalue weighted by Crippen LogP contribution is -2.41. The third kappa shape index (κ3) is 7.00. The number of hydrogen-bond acceptors (Lipinski definition) is 6. The maximum Gasteiger partial charge on any atom is 0.273 e. The number of carbonyl (C=O) groups excluding carboxylic acids is 1. The summed E-state index contributed by atoms with van der Waals surface area (Å²) in [7, 11) is 0. The average molecular weight is 463 g/mol. The Morgan fingerprint density at radius 3 is 2.56 bits per heavy atom. The van der Waals surface area contributed by atoms with Crippen LogP contribution < -0.4 is 5.32 Å². The van der Waals surface area contributed by atoms with Gasteiger partial charge in [-0.05, 0) is 25.0 Å². The van der Waals surface area contributed by atoms with Crippen LogP contribution in [0.25, 0.3) is 0 Å². The van der Waals surface area contributed by atoms with Crippen molar-refractivity contribution in [1.82, 2.24) is 20.1 Å². The maximum atomic E-state index is 12.7. The van der Waals surface area contributed by atoms with Gasteiger partial charge in [0.1, 0.15) is 6.26 Å². The molecule has 2 aromatic carbocycles. The number of rotatable bonds is 10. The lowest BCUT2D eigenvalue weighted by molar-refractivity contribution is 0.0320. The Labute approximate surface area is 201 Å². The second kappa shape index (κ2) is 11.9. The van der Waals surface area contributed by atoms with Gasteiger partial charge in [-0.25, -0.2) is 4.98 Å². The molecule has 1 amide bonds. The first-order valence-electron chi connectivity index (χ1n) is 11.9. The fraction of sp³-hybridized carbons (Fsp3) is 0.407. The molecule has 1 atom stereocenters. The largest absolute Gasteiger partial charge is 0.447 e. The first kappa shape index (κ1) is 24.1. The van der Waals surface area contributed by atoms with Crippen molar-refractivity contribution in [3.05, 3.63) is 89.1 Å². The number of morpholine rings is 1. The van der Waals surface area contributed by atoms with Crippen LogP contribution in [0.1, 0.15) is 46.0 Å². The molecule has 7 nitrogen and oxygen atoms in total. The SMILES string of the molecule is Cc1ccc(CN(CCN2CCOCC2)Cc2nc(C(=O)NC(C)c3ccccc3)co2)cc1. The van der Waals surface area contributed by atoms with Crippen molar-refractivity contribution >= 4 is 5.91 Å². The summed E-state index contributed by atoms with van der Waals surface area (Å²) in [5, 5.41) is 3.00. The summed E-state index contributed by atoms with van der Waals surface area (Å²) < 4.78 is 11.2. The number of carbonyl (C=O) groups is 1. The second-order valence-electron chi connectivity index (χ2n) is 8.88. The summed E-state index contributed by atoms with van der Waals surface area (Å²) >= 11 is 0. The minimum absolute atomic E-state index is 0.111. The van der Waals surface area contributed by atoms with E-state index in [1.807, 2.05) is 37.3 Å². The minimum atomic E-state index is -0.232. The molecule has 1 aromatic heterocycles. The second-order valence-corrected chi connectivity index (χ2v) is 8.88. The number of benzene rings is 2. The number of aryl methyl sites for hydroxylation is 1. The Morgan fingerprint density at radius 2 is 1.82 bits per heavy atom. The van der Waals surface area contributed by atoms with Crippen molar-refractivity contribution in [3.8, 4) is 0 Å². The number of oxazole rings is 1. The summed E-state index contributed by atoms with van der Waals surface area (Å²) in [5.41, 5.74) is 3.85. The van der Waals surface area contributed by atoms with Gasteiger partial charge >= 0.3 is 0 Å². The number of nitrogens with zero attached hydrogens (tertiary/aromatic N) is 3. The Hall–Kier alpha value is -3.00. The average Bonchev–Trinajstić information content (AvgIpc) is 3.34. The summed E-state index contributed by atoms with van der Waals surface area (Å²) in [6.07, 6.45) is 1.45. The molecule has 1 unspecified atom stereocenters. The van der Waals surface area contributed by atoms with E-state index in [1.165, 1.54) is 17.4 Å². The fourth-order valence-corrected chi connectivity index (χ4v) is 4.05. The van der Waals surface area contributed by atoms with Crippen LogP contribution in [0, 0.1) is 6.92 Å². The van der Waals surface area contributed by atoms with Crippen molar-refractivity contribution in [2.24, 2.45) is 0 Å². The van der Waals surface area contributed by atoms with Gasteiger partial charge in [-0.2, -0.15) is 0 Å². The molecule has 1 aliphatic heterocycles. The number of nitrogens with one attached hydrogen (secondary N) is 1. The Bertz CT molecular complexity index is 1030. The van der Waals surface area contributed by atoms with Crippen molar-refractivity contribution in [2.45, 2.75) is 33.0 Å². The van der Waals surface area contributed by atoms with Gasteiger partial charge in [-0.1, -0.05) is 60.2 Å². The maximum absolute atomic E-state index is 12.7. The van der Waals surface area contributed by atoms with E-state index in [0.29, 0.717) is 18.1 Å². The van der Waals surface area contributed by atoms with Crippen LogP contribution in [0.15, 0.2) is 65.3 Å². The molecule has 1 aliphatic rings. The molecule has 1 fully saturated rings. The molecule has 1 N–H and O–H groups in total. The molecule has 3 aromatic rings. The number of hydrogen-bond donors (Lipinski definition) is 1. The summed E-state index contributed by atoms with van der Waals surface area (Å²) in [6, 6.07) is 18.4. The third-order valence-corrected chi connectivity index (χ3v) is 6.15. The van der Waals surface area contributed by atoms with E-state index in [9.17, 15) is 4.79 Å².